The van der Waals surface area contributed by atoms with Gasteiger partial charge in [-0.1, -0.05) is 55.7 Å². The molecular formula is C60H80N10O19S. The van der Waals surface area contributed by atoms with Crippen LogP contribution in [0.2, 0.25) is 0 Å². The van der Waals surface area contributed by atoms with Crippen molar-refractivity contribution in [1.29, 1.82) is 0 Å². The lowest BCUT2D eigenvalue weighted by Crippen LogP contribution is -2.64. The van der Waals surface area contributed by atoms with E-state index >= 15 is 0 Å². The molecule has 90 heavy (non-hydrogen) atoms. The van der Waals surface area contributed by atoms with Gasteiger partial charge in [0.2, 0.25) is 35.4 Å². The highest BCUT2D eigenvalue weighted by Crippen LogP contribution is 2.33. The number of carboxylic acids is 1. The Morgan fingerprint density at radius 2 is 1.36 bits per heavy atom. The van der Waals surface area contributed by atoms with Gasteiger partial charge >= 0.3 is 5.97 Å². The normalized spacial score (nSPS) is 24.9. The molecule has 13 atom stereocenters. The second-order valence-electron chi connectivity index (χ2n) is 22.7. The number of aliphatic hydroxyl groups excluding tert-OH is 6. The van der Waals surface area contributed by atoms with Gasteiger partial charge in [0.1, 0.15) is 52.0 Å². The molecule has 7 rings (SSSR count). The van der Waals surface area contributed by atoms with Crippen molar-refractivity contribution in [2.24, 2.45) is 11.7 Å². The van der Waals surface area contributed by atoms with Crippen molar-refractivity contribution in [1.82, 2.24) is 46.6 Å². The number of benzene rings is 3. The number of β-amino-alcohol motifs (C(OH)–C–C–N with tert-alkyl or cyclic N) is 1. The number of fused-ring (bicyclic) bond motifs is 2. The van der Waals surface area contributed by atoms with E-state index in [-0.39, 0.29) is 36.4 Å². The summed E-state index contributed by atoms with van der Waals surface area (Å²) >= 11 is 1.30. The lowest BCUT2D eigenvalue weighted by Gasteiger charge is -2.34. The van der Waals surface area contributed by atoms with Gasteiger partial charge in [-0.15, -0.1) is 10.2 Å². The number of aliphatic carboxylic acids is 1. The van der Waals surface area contributed by atoms with Gasteiger partial charge in [-0.05, 0) is 86.8 Å². The molecule has 1 unspecified atom stereocenters. The second-order valence-corrected chi connectivity index (χ2v) is 23.7. The number of carboxylic acid groups (broad SMARTS) is 1. The van der Waals surface area contributed by atoms with Crippen LogP contribution < -0.4 is 41.8 Å². The average Bonchev–Trinajstić information content (AvgIpc) is 1.66. The number of hydrogen-bond acceptors (Lipinski definition) is 22. The first-order valence-electron chi connectivity index (χ1n) is 29.7. The number of nitrogens with two attached hydrogens (primary N) is 1. The molecule has 0 aliphatic carbocycles. The lowest BCUT2D eigenvalue weighted by atomic mass is 9.98. The number of aliphatic hydroxyl groups is 6. The minimum Gasteiger partial charge on any atom is -0.504 e. The fourth-order valence-corrected chi connectivity index (χ4v) is 11.6. The molecule has 3 aromatic carbocycles. The Morgan fingerprint density at radius 3 is 2.00 bits per heavy atom. The molecule has 4 heterocycles. The zero-order valence-corrected chi connectivity index (χ0v) is 50.8. The SMILES string of the molecule is COCCCCCCCOc1ccc(-c2nnc(-c3ccc(C(=O)NC4C[C@@H](O)CNC(=O)[C@@H]5[C@@H](O)[C@@H](C)CN5C(=O)[C@H]([C@H](O)CCN)NC(=O)[C@H]([C@H](O)Cc5ccc(O)c(OCC(=O)O)c5)NC(=O)[C@@H]5C[C@@H](O)CN5C(=O)[C@H]([C@@H](C)O)NC4=O)cc3)s2)cc1. The van der Waals surface area contributed by atoms with E-state index in [9.17, 15) is 74.1 Å². The molecule has 30 heteroatoms. The number of aromatic nitrogens is 2. The van der Waals surface area contributed by atoms with E-state index in [1.165, 1.54) is 36.5 Å². The Morgan fingerprint density at radius 1 is 0.733 bits per heavy atom. The van der Waals surface area contributed by atoms with Crippen LogP contribution >= 0.6 is 11.3 Å². The zero-order chi connectivity index (χ0) is 65.3. The molecule has 0 radical (unpaired) electrons. The highest BCUT2D eigenvalue weighted by Gasteiger charge is 2.50. The van der Waals surface area contributed by atoms with Crippen molar-refractivity contribution in [3.05, 3.63) is 77.9 Å². The molecule has 3 aliphatic heterocycles. The van der Waals surface area contributed by atoms with Crippen LogP contribution in [0.4, 0.5) is 0 Å². The fourth-order valence-electron chi connectivity index (χ4n) is 10.8. The van der Waals surface area contributed by atoms with Crippen molar-refractivity contribution in [2.75, 3.05) is 53.1 Å². The van der Waals surface area contributed by atoms with E-state index in [0.29, 0.717) is 22.2 Å². The number of phenols is 1. The molecule has 0 saturated carbocycles. The molecule has 29 nitrogen and oxygen atoms in total. The summed E-state index contributed by atoms with van der Waals surface area (Å²) in [5.41, 5.74) is 7.29. The minimum absolute atomic E-state index is 0.0177. The van der Waals surface area contributed by atoms with Gasteiger partial charge in [0, 0.05) is 75.2 Å². The molecule has 3 fully saturated rings. The van der Waals surface area contributed by atoms with Crippen molar-refractivity contribution in [3.63, 3.8) is 0 Å². The Hall–Kier alpha value is -7.94. The fraction of sp³-hybridized carbons (Fsp3) is 0.533. The Kier molecular flexibility index (Phi) is 25.3. The van der Waals surface area contributed by atoms with Crippen molar-refractivity contribution in [2.45, 2.75) is 145 Å². The van der Waals surface area contributed by atoms with Gasteiger partial charge in [-0.2, -0.15) is 0 Å². The number of unbranched alkanes of at least 4 members (excludes halogenated alkanes) is 4. The highest BCUT2D eigenvalue weighted by atomic mass is 32.1. The molecule has 490 valence electrons. The van der Waals surface area contributed by atoms with E-state index in [4.69, 9.17) is 25.1 Å². The maximum absolute atomic E-state index is 14.7. The Labute approximate surface area is 522 Å². The smallest absolute Gasteiger partial charge is 0.341 e. The van der Waals surface area contributed by atoms with Crippen LogP contribution in [0.1, 0.15) is 81.1 Å². The van der Waals surface area contributed by atoms with Crippen molar-refractivity contribution in [3.8, 4) is 38.4 Å². The monoisotopic (exact) mass is 1280 g/mol. The van der Waals surface area contributed by atoms with Crippen molar-refractivity contribution >= 4 is 58.7 Å². The molecular weight excluding hydrogens is 1200 g/mol. The first-order valence-corrected chi connectivity index (χ1v) is 30.5. The number of carbonyl (C=O) groups is 8. The number of amides is 7. The quantitative estimate of drug-likeness (QED) is 0.0369. The van der Waals surface area contributed by atoms with Crippen LogP contribution in [0.25, 0.3) is 21.1 Å². The number of nitrogens with one attached hydrogen (secondary N) is 5. The second kappa shape index (κ2) is 32.7. The number of rotatable bonds is 23. The largest absolute Gasteiger partial charge is 0.504 e. The number of methoxy groups -OCH3 is 1. The number of carbonyl (C=O) groups excluding carboxylic acids is 7. The topological polar surface area (TPSA) is 445 Å². The predicted octanol–water partition coefficient (Wildman–Crippen LogP) is -1.69. The summed E-state index contributed by atoms with van der Waals surface area (Å²) in [5, 5.41) is 110. The summed E-state index contributed by atoms with van der Waals surface area (Å²) in [7, 11) is 1.70. The summed E-state index contributed by atoms with van der Waals surface area (Å²) in [6.45, 7) is 1.29. The van der Waals surface area contributed by atoms with Crippen LogP contribution in [0, 0.1) is 5.92 Å². The number of hydrogen-bond donors (Lipinski definition) is 14. The maximum atomic E-state index is 14.7. The van der Waals surface area contributed by atoms with E-state index in [1.54, 1.807) is 19.2 Å². The molecule has 3 saturated heterocycles. The standard InChI is InChI=1S/C60H80N10O19S/c1-31-28-70-50(51(31)79)56(84)62-27-37(72)25-40(63-52(80)34-10-12-35(13-11-34)57-67-68-58(90-57)36-14-16-39(17-15-36)88-22-8-6-4-5-7-21-87-3)53(81)64-47(32(2)71)59(85)69-29-38(73)26-41(69)54(82)65-48(55(83)66-49(60(70)86)43(75)19-20-61)44(76)23-33-9-18-42(74)45(24-33)89-30-46(77)78/h9-18,24,31-32,37-38,40-41,43-44,47-51,71-76,79H,4-8,19-23,25-30,61H2,1-3H3,(H,62,84)(H,63,80)(H,64,81)(H,65,82)(H,66,83)(H,77,78)/t31-,32+,37+,38+,40?,41-,43+,44+,47-,48-,49-,50-,51-/m0/s1. The van der Waals surface area contributed by atoms with Crippen LogP contribution in [-0.2, 0) is 44.7 Å². The first kappa shape index (κ1) is 69.5. The van der Waals surface area contributed by atoms with E-state index in [1.807, 2.05) is 24.3 Å². The summed E-state index contributed by atoms with van der Waals surface area (Å²) < 4.78 is 16.2. The van der Waals surface area contributed by atoms with Crippen molar-refractivity contribution < 1.29 is 93.4 Å². The molecule has 0 bridgehead atoms. The van der Waals surface area contributed by atoms with Crippen LogP contribution in [-0.4, -0.2) is 234 Å². The summed E-state index contributed by atoms with van der Waals surface area (Å²) in [6.07, 6.45) is -7.09. The third kappa shape index (κ3) is 18.4. The summed E-state index contributed by atoms with van der Waals surface area (Å²) in [5.74, 6) is -10.1. The van der Waals surface area contributed by atoms with Gasteiger partial charge < -0.3 is 97.2 Å². The number of aromatic hydroxyl groups is 1. The van der Waals surface area contributed by atoms with E-state index in [2.05, 4.69) is 36.8 Å². The maximum Gasteiger partial charge on any atom is 0.341 e. The van der Waals surface area contributed by atoms with Crippen LogP contribution in [0.15, 0.2) is 66.7 Å². The van der Waals surface area contributed by atoms with Crippen LogP contribution in [0.3, 0.4) is 0 Å². The number of phenolic OH excluding ortho intramolecular Hbond substituents is 1. The molecule has 3 aliphatic rings. The summed E-state index contributed by atoms with van der Waals surface area (Å²) in [6, 6.07) is 5.88. The third-order valence-electron chi connectivity index (χ3n) is 15.7. The average molecular weight is 1280 g/mol. The number of ether oxygens (including phenoxy) is 3. The lowest BCUT2D eigenvalue weighted by molar-refractivity contribution is -0.147. The highest BCUT2D eigenvalue weighted by molar-refractivity contribution is 7.17. The van der Waals surface area contributed by atoms with Gasteiger partial charge in [-0.25, -0.2) is 4.79 Å². The third-order valence-corrected chi connectivity index (χ3v) is 16.7. The molecule has 4 aromatic rings. The van der Waals surface area contributed by atoms with Gasteiger partial charge in [0.25, 0.3) is 5.91 Å². The zero-order valence-electron chi connectivity index (χ0n) is 50.0. The van der Waals surface area contributed by atoms with Crippen LogP contribution in [0.5, 0.6) is 17.2 Å². The minimum atomic E-state index is -2.12. The predicted molar refractivity (Wildman–Crippen MR) is 321 cm³/mol. The Balaban J connectivity index is 1.15. The van der Waals surface area contributed by atoms with E-state index < -0.39 is 171 Å². The van der Waals surface area contributed by atoms with Gasteiger partial charge in [0.15, 0.2) is 18.1 Å². The molecule has 1 aromatic heterocycles. The molecule has 0 spiro atoms. The number of nitrogens with zero attached hydrogens (tertiary/aromatic N) is 4. The molecule has 7 amide bonds. The van der Waals surface area contributed by atoms with Gasteiger partial charge in [-0.3, -0.25) is 33.6 Å². The summed E-state index contributed by atoms with van der Waals surface area (Å²) in [4.78, 5) is 114. The first-order chi connectivity index (χ1) is 43.0. The molecule has 15 N–H and O–H groups in total. The Bertz CT molecular complexity index is 3120. The van der Waals surface area contributed by atoms with E-state index in [0.717, 1.165) is 78.9 Å². The van der Waals surface area contributed by atoms with Gasteiger partial charge in [0.05, 0.1) is 43.2 Å².